The zero-order chi connectivity index (χ0) is 14.8. The third-order valence-electron chi connectivity index (χ3n) is 2.89. The number of hydrogen-bond acceptors (Lipinski definition) is 3. The number of nitrogens with zero attached hydrogens (tertiary/aromatic N) is 2. The van der Waals surface area contributed by atoms with Crippen molar-refractivity contribution in [3.05, 3.63) is 53.6 Å². The molecule has 0 spiro atoms. The molecule has 20 heavy (non-hydrogen) atoms. The van der Waals surface area contributed by atoms with Gasteiger partial charge in [-0.3, -0.25) is 0 Å². The average molecular weight is 293 g/mol. The van der Waals surface area contributed by atoms with E-state index in [1.165, 1.54) is 17.1 Å². The van der Waals surface area contributed by atoms with Crippen LogP contribution in [0.3, 0.4) is 0 Å². The van der Waals surface area contributed by atoms with Gasteiger partial charge in [-0.15, -0.1) is 0 Å². The van der Waals surface area contributed by atoms with E-state index in [-0.39, 0.29) is 11.5 Å². The molecule has 1 unspecified atom stereocenters. The second kappa shape index (κ2) is 5.67. The van der Waals surface area contributed by atoms with Crippen LogP contribution in [0.1, 0.15) is 32.4 Å². The minimum atomic E-state index is -0.447. The van der Waals surface area contributed by atoms with Crippen LogP contribution in [0.2, 0.25) is 5.02 Å². The number of carbonyl (C=O) groups is 1. The molecule has 106 valence electrons. The molecule has 0 saturated carbocycles. The Balaban J connectivity index is 2.25. The largest absolute Gasteiger partial charge is 0.440 e. The summed E-state index contributed by atoms with van der Waals surface area (Å²) in [5, 5.41) is 0.655. The molecule has 1 heterocycles. The Hall–Kier alpha value is -1.81. The molecule has 0 amide bonds. The van der Waals surface area contributed by atoms with Crippen LogP contribution in [0.15, 0.2) is 43.0 Å². The van der Waals surface area contributed by atoms with Gasteiger partial charge in [-0.05, 0) is 17.7 Å². The van der Waals surface area contributed by atoms with Crippen molar-refractivity contribution in [2.24, 2.45) is 5.41 Å². The molecular formula is C15H17ClN2O2. The van der Waals surface area contributed by atoms with Crippen molar-refractivity contribution < 1.29 is 9.53 Å². The molecule has 0 N–H and O–H groups in total. The molecule has 2 rings (SSSR count). The second-order valence-corrected chi connectivity index (χ2v) is 6.09. The lowest BCUT2D eigenvalue weighted by Gasteiger charge is -2.30. The summed E-state index contributed by atoms with van der Waals surface area (Å²) >= 11 is 5.90. The number of carbonyl (C=O) groups excluding carboxylic acids is 1. The van der Waals surface area contributed by atoms with Gasteiger partial charge < -0.3 is 4.74 Å². The highest BCUT2D eigenvalue weighted by atomic mass is 35.5. The van der Waals surface area contributed by atoms with Crippen LogP contribution >= 0.6 is 11.6 Å². The van der Waals surface area contributed by atoms with Crippen LogP contribution < -0.4 is 0 Å². The highest BCUT2D eigenvalue weighted by molar-refractivity contribution is 6.30. The van der Waals surface area contributed by atoms with Crippen LogP contribution in [-0.4, -0.2) is 15.6 Å². The molecule has 0 radical (unpaired) electrons. The Kier molecular flexibility index (Phi) is 4.14. The number of hydrogen-bond donors (Lipinski definition) is 0. The quantitative estimate of drug-likeness (QED) is 0.828. The minimum absolute atomic E-state index is 0.232. The average Bonchev–Trinajstić information content (AvgIpc) is 2.89. The van der Waals surface area contributed by atoms with Gasteiger partial charge in [0.2, 0.25) is 0 Å². The highest BCUT2D eigenvalue weighted by Crippen LogP contribution is 2.36. The monoisotopic (exact) mass is 292 g/mol. The molecule has 0 saturated heterocycles. The summed E-state index contributed by atoms with van der Waals surface area (Å²) < 4.78 is 6.94. The van der Waals surface area contributed by atoms with Crippen molar-refractivity contribution in [2.45, 2.75) is 26.9 Å². The topological polar surface area (TPSA) is 44.1 Å². The smallest absolute Gasteiger partial charge is 0.419 e. The van der Waals surface area contributed by atoms with Gasteiger partial charge in [-0.1, -0.05) is 44.5 Å². The lowest BCUT2D eigenvalue weighted by atomic mass is 9.84. The van der Waals surface area contributed by atoms with E-state index in [2.05, 4.69) is 4.98 Å². The first-order valence-corrected chi connectivity index (χ1v) is 6.70. The Labute approximate surface area is 123 Å². The van der Waals surface area contributed by atoms with E-state index >= 15 is 0 Å². The maximum Gasteiger partial charge on any atom is 0.419 e. The van der Waals surface area contributed by atoms with Gasteiger partial charge in [-0.25, -0.2) is 14.3 Å². The molecule has 1 aromatic heterocycles. The number of halogens is 1. The number of imidazole rings is 1. The SMILES string of the molecule is CC(C)(C)C(OC(=O)n1ccnc1)c1ccc(Cl)cc1. The summed E-state index contributed by atoms with van der Waals surface area (Å²) in [6, 6.07) is 7.33. The van der Waals surface area contributed by atoms with Gasteiger partial charge in [0.25, 0.3) is 0 Å². The van der Waals surface area contributed by atoms with Crippen molar-refractivity contribution >= 4 is 17.7 Å². The maximum atomic E-state index is 12.1. The van der Waals surface area contributed by atoms with E-state index in [1.54, 1.807) is 18.3 Å². The van der Waals surface area contributed by atoms with Crippen molar-refractivity contribution in [1.82, 2.24) is 9.55 Å². The van der Waals surface area contributed by atoms with Crippen molar-refractivity contribution in [3.8, 4) is 0 Å². The van der Waals surface area contributed by atoms with Gasteiger partial charge in [0.1, 0.15) is 12.4 Å². The summed E-state index contributed by atoms with van der Waals surface area (Å²) in [7, 11) is 0. The summed E-state index contributed by atoms with van der Waals surface area (Å²) in [6.07, 6.45) is 3.70. The Morgan fingerprint density at radius 3 is 2.45 bits per heavy atom. The van der Waals surface area contributed by atoms with Gasteiger partial charge in [-0.2, -0.15) is 0 Å². The van der Waals surface area contributed by atoms with Crippen LogP contribution in [0, 0.1) is 5.41 Å². The van der Waals surface area contributed by atoms with E-state index in [0.717, 1.165) is 5.56 Å². The molecule has 1 atom stereocenters. The summed E-state index contributed by atoms with van der Waals surface area (Å²) in [5.74, 6) is 0. The first-order valence-electron chi connectivity index (χ1n) is 6.32. The van der Waals surface area contributed by atoms with Crippen LogP contribution in [0.5, 0.6) is 0 Å². The molecule has 5 heteroatoms. The highest BCUT2D eigenvalue weighted by Gasteiger charge is 2.30. The predicted molar refractivity (Wildman–Crippen MR) is 77.8 cm³/mol. The zero-order valence-corrected chi connectivity index (χ0v) is 12.5. The normalized spacial score (nSPS) is 13.0. The minimum Gasteiger partial charge on any atom is -0.440 e. The van der Waals surface area contributed by atoms with Crippen molar-refractivity contribution in [1.29, 1.82) is 0 Å². The fourth-order valence-electron chi connectivity index (χ4n) is 1.91. The van der Waals surface area contributed by atoms with E-state index in [4.69, 9.17) is 16.3 Å². The van der Waals surface area contributed by atoms with Gasteiger partial charge in [0, 0.05) is 22.8 Å². The summed E-state index contributed by atoms with van der Waals surface area (Å²) in [5.41, 5.74) is 0.680. The predicted octanol–water partition coefficient (Wildman–Crippen LogP) is 4.31. The van der Waals surface area contributed by atoms with E-state index in [9.17, 15) is 4.79 Å². The Morgan fingerprint density at radius 1 is 1.30 bits per heavy atom. The molecule has 0 aliphatic carbocycles. The maximum absolute atomic E-state index is 12.1. The lowest BCUT2D eigenvalue weighted by molar-refractivity contribution is 0.0310. The third-order valence-corrected chi connectivity index (χ3v) is 3.15. The Morgan fingerprint density at radius 2 is 1.95 bits per heavy atom. The fraction of sp³-hybridized carbons (Fsp3) is 0.333. The lowest BCUT2D eigenvalue weighted by Crippen LogP contribution is -2.26. The molecule has 0 bridgehead atoms. The molecule has 0 fully saturated rings. The molecule has 2 aromatic rings. The number of ether oxygens (including phenoxy) is 1. The van der Waals surface area contributed by atoms with Crippen LogP contribution in [0.25, 0.3) is 0 Å². The number of rotatable bonds is 2. The van der Waals surface area contributed by atoms with Crippen LogP contribution in [0.4, 0.5) is 4.79 Å². The third kappa shape index (κ3) is 3.39. The standard InChI is InChI=1S/C15H17ClN2O2/c1-15(2,3)13(11-4-6-12(16)7-5-11)20-14(19)18-9-8-17-10-18/h4-10,13H,1-3H3. The zero-order valence-electron chi connectivity index (χ0n) is 11.7. The molecule has 4 nitrogen and oxygen atoms in total. The van der Waals surface area contributed by atoms with E-state index < -0.39 is 6.09 Å². The summed E-state index contributed by atoms with van der Waals surface area (Å²) in [6.45, 7) is 6.06. The molecule has 0 aliphatic heterocycles. The number of benzene rings is 1. The van der Waals surface area contributed by atoms with Crippen molar-refractivity contribution in [2.75, 3.05) is 0 Å². The Bertz CT molecular complexity index is 571. The number of aromatic nitrogens is 2. The van der Waals surface area contributed by atoms with Crippen molar-refractivity contribution in [3.63, 3.8) is 0 Å². The molecule has 1 aromatic carbocycles. The van der Waals surface area contributed by atoms with E-state index in [0.29, 0.717) is 5.02 Å². The molecule has 0 aliphatic rings. The van der Waals surface area contributed by atoms with Gasteiger partial charge in [0.15, 0.2) is 0 Å². The van der Waals surface area contributed by atoms with Gasteiger partial charge >= 0.3 is 6.09 Å². The van der Waals surface area contributed by atoms with Gasteiger partial charge in [0.05, 0.1) is 0 Å². The molecular weight excluding hydrogens is 276 g/mol. The fourth-order valence-corrected chi connectivity index (χ4v) is 2.04. The van der Waals surface area contributed by atoms with Crippen LogP contribution in [-0.2, 0) is 4.74 Å². The van der Waals surface area contributed by atoms with E-state index in [1.807, 2.05) is 32.9 Å². The first-order chi connectivity index (χ1) is 9.38. The first kappa shape index (κ1) is 14.6. The summed E-state index contributed by atoms with van der Waals surface area (Å²) in [4.78, 5) is 15.9. The second-order valence-electron chi connectivity index (χ2n) is 5.65.